The van der Waals surface area contributed by atoms with Crippen molar-refractivity contribution in [3.8, 4) is 11.3 Å². The van der Waals surface area contributed by atoms with Gasteiger partial charge in [0.05, 0.1) is 11.3 Å². The van der Waals surface area contributed by atoms with Crippen LogP contribution in [0.15, 0.2) is 46.1 Å². The van der Waals surface area contributed by atoms with Crippen molar-refractivity contribution in [3.05, 3.63) is 52.6 Å². The number of carbonyl (C=O) groups is 1. The Hall–Kier alpha value is -2.49. The number of nitrogens with zero attached hydrogens (tertiary/aromatic N) is 1. The van der Waals surface area contributed by atoms with Crippen LogP contribution in [0.25, 0.3) is 11.3 Å². The molecule has 9 heteroatoms. The van der Waals surface area contributed by atoms with Crippen LogP contribution in [0.3, 0.4) is 0 Å². The van der Waals surface area contributed by atoms with Gasteiger partial charge in [-0.05, 0) is 20.9 Å². The second-order valence-electron chi connectivity index (χ2n) is 5.61. The summed E-state index contributed by atoms with van der Waals surface area (Å²) in [5.41, 5.74) is 3.03. The van der Waals surface area contributed by atoms with Crippen molar-refractivity contribution in [3.63, 3.8) is 0 Å². The lowest BCUT2D eigenvalue weighted by molar-refractivity contribution is 0.102. The predicted octanol–water partition coefficient (Wildman–Crippen LogP) is 3.18. The molecule has 136 valence electrons. The molecule has 3 rings (SSSR count). The number of hydrogen-bond acceptors (Lipinski definition) is 6. The van der Waals surface area contributed by atoms with E-state index in [0.29, 0.717) is 5.13 Å². The first kappa shape index (κ1) is 18.3. The first-order valence-corrected chi connectivity index (χ1v) is 9.98. The van der Waals surface area contributed by atoms with Crippen LogP contribution in [0.5, 0.6) is 0 Å². The van der Waals surface area contributed by atoms with Crippen LogP contribution in [0, 0.1) is 13.8 Å². The summed E-state index contributed by atoms with van der Waals surface area (Å²) in [5, 5.41) is 2.79. The highest BCUT2D eigenvalue weighted by atomic mass is 32.2. The number of furan rings is 1. The topological polar surface area (TPSA) is 101 Å². The van der Waals surface area contributed by atoms with E-state index in [2.05, 4.69) is 15.0 Å². The molecule has 1 aromatic carbocycles. The van der Waals surface area contributed by atoms with E-state index in [4.69, 9.17) is 4.42 Å². The molecule has 0 atom stereocenters. The maximum absolute atomic E-state index is 12.3. The molecular weight excluding hydrogens is 374 g/mol. The molecular formula is C17H17N3O4S2. The van der Waals surface area contributed by atoms with Crippen LogP contribution in [0.2, 0.25) is 0 Å². The van der Waals surface area contributed by atoms with Gasteiger partial charge in [0.15, 0.2) is 5.13 Å². The van der Waals surface area contributed by atoms with E-state index >= 15 is 0 Å². The Kier molecular flexibility index (Phi) is 4.94. The number of aryl methyl sites for hydroxylation is 2. The summed E-state index contributed by atoms with van der Waals surface area (Å²) in [7, 11) is -2.47. The van der Waals surface area contributed by atoms with Crippen molar-refractivity contribution in [2.75, 3.05) is 12.4 Å². The average molecular weight is 391 g/mol. The molecule has 0 aliphatic carbocycles. The van der Waals surface area contributed by atoms with Gasteiger partial charge in [0.25, 0.3) is 15.9 Å². The van der Waals surface area contributed by atoms with Gasteiger partial charge in [0.2, 0.25) is 5.09 Å². The van der Waals surface area contributed by atoms with Crippen molar-refractivity contribution >= 4 is 32.4 Å². The molecule has 0 fully saturated rings. The van der Waals surface area contributed by atoms with E-state index in [1.165, 1.54) is 24.5 Å². The highest BCUT2D eigenvalue weighted by molar-refractivity contribution is 7.89. The van der Waals surface area contributed by atoms with Crippen molar-refractivity contribution in [1.82, 2.24) is 9.71 Å². The van der Waals surface area contributed by atoms with Crippen molar-refractivity contribution in [2.24, 2.45) is 0 Å². The molecule has 0 aliphatic rings. The molecule has 7 nitrogen and oxygen atoms in total. The van der Waals surface area contributed by atoms with Gasteiger partial charge < -0.3 is 4.42 Å². The number of aromatic nitrogens is 1. The SMILES string of the molecule is CNS(=O)(=O)c1cc(C(=O)Nc2nc(-c3ccc(C)cc3)c(C)s2)co1. The van der Waals surface area contributed by atoms with Gasteiger partial charge in [-0.2, -0.15) is 0 Å². The lowest BCUT2D eigenvalue weighted by Crippen LogP contribution is -2.18. The number of thiazole rings is 1. The largest absolute Gasteiger partial charge is 0.451 e. The molecule has 0 bridgehead atoms. The Balaban J connectivity index is 1.80. The number of sulfonamides is 1. The second kappa shape index (κ2) is 7.02. The van der Waals surface area contributed by atoms with Gasteiger partial charge in [-0.1, -0.05) is 29.8 Å². The zero-order chi connectivity index (χ0) is 18.9. The molecule has 2 N–H and O–H groups in total. The normalized spacial score (nSPS) is 11.5. The van der Waals surface area contributed by atoms with Crippen molar-refractivity contribution in [2.45, 2.75) is 18.9 Å². The fourth-order valence-corrected chi connectivity index (χ4v) is 3.76. The number of anilines is 1. The lowest BCUT2D eigenvalue weighted by Gasteiger charge is -1.99. The van der Waals surface area contributed by atoms with Crippen LogP contribution in [-0.2, 0) is 10.0 Å². The van der Waals surface area contributed by atoms with E-state index in [-0.39, 0.29) is 10.7 Å². The Bertz CT molecular complexity index is 1050. The van der Waals surface area contributed by atoms with Crippen LogP contribution < -0.4 is 10.0 Å². The summed E-state index contributed by atoms with van der Waals surface area (Å²) in [5.74, 6) is -0.490. The Morgan fingerprint density at radius 3 is 2.54 bits per heavy atom. The monoisotopic (exact) mass is 391 g/mol. The van der Waals surface area contributed by atoms with Crippen molar-refractivity contribution in [1.29, 1.82) is 0 Å². The highest BCUT2D eigenvalue weighted by Crippen LogP contribution is 2.30. The Morgan fingerprint density at radius 2 is 1.88 bits per heavy atom. The number of amides is 1. The van der Waals surface area contributed by atoms with E-state index < -0.39 is 15.9 Å². The molecule has 26 heavy (non-hydrogen) atoms. The third-order valence-corrected chi connectivity index (χ3v) is 5.88. The quantitative estimate of drug-likeness (QED) is 0.696. The Morgan fingerprint density at radius 1 is 1.19 bits per heavy atom. The molecule has 0 radical (unpaired) electrons. The average Bonchev–Trinajstić information content (AvgIpc) is 3.23. The second-order valence-corrected chi connectivity index (χ2v) is 8.63. The third-order valence-electron chi connectivity index (χ3n) is 3.71. The predicted molar refractivity (Wildman–Crippen MR) is 99.9 cm³/mol. The zero-order valence-electron chi connectivity index (χ0n) is 14.4. The minimum absolute atomic E-state index is 0.101. The number of benzene rings is 1. The Labute approximate surface area is 155 Å². The summed E-state index contributed by atoms with van der Waals surface area (Å²) in [6.07, 6.45) is 1.10. The summed E-state index contributed by atoms with van der Waals surface area (Å²) >= 11 is 1.35. The summed E-state index contributed by atoms with van der Waals surface area (Å²) < 4.78 is 30.4. The molecule has 2 aromatic heterocycles. The number of carbonyl (C=O) groups excluding carboxylic acids is 1. The maximum Gasteiger partial charge on any atom is 0.273 e. The summed E-state index contributed by atoms with van der Waals surface area (Å²) in [6, 6.07) is 9.13. The van der Waals surface area contributed by atoms with Gasteiger partial charge >= 0.3 is 0 Å². The van der Waals surface area contributed by atoms with Crippen LogP contribution in [0.4, 0.5) is 5.13 Å². The molecule has 3 aromatic rings. The first-order valence-electron chi connectivity index (χ1n) is 7.68. The zero-order valence-corrected chi connectivity index (χ0v) is 16.0. The molecule has 0 spiro atoms. The first-order chi connectivity index (χ1) is 12.3. The highest BCUT2D eigenvalue weighted by Gasteiger charge is 2.20. The number of nitrogens with one attached hydrogen (secondary N) is 2. The lowest BCUT2D eigenvalue weighted by atomic mass is 10.1. The molecule has 0 saturated carbocycles. The van der Waals surface area contributed by atoms with E-state index in [0.717, 1.165) is 28.0 Å². The third kappa shape index (κ3) is 3.69. The number of hydrogen-bond donors (Lipinski definition) is 2. The molecule has 0 unspecified atom stereocenters. The molecule has 0 aliphatic heterocycles. The van der Waals surface area contributed by atoms with Crippen molar-refractivity contribution < 1.29 is 17.6 Å². The summed E-state index contributed by atoms with van der Waals surface area (Å²) in [6.45, 7) is 3.94. The van der Waals surface area contributed by atoms with Gasteiger partial charge in [0.1, 0.15) is 6.26 Å². The molecule has 2 heterocycles. The molecule has 1 amide bonds. The minimum atomic E-state index is -3.74. The standard InChI is InChI=1S/C17H17N3O4S2/c1-10-4-6-12(7-5-10)15-11(2)25-17(19-15)20-16(21)13-8-14(24-9-13)26(22,23)18-3/h4-9,18H,1-3H3,(H,19,20,21). The van der Waals surface area contributed by atoms with Gasteiger partial charge in [-0.3, -0.25) is 10.1 Å². The van der Waals surface area contributed by atoms with Gasteiger partial charge in [-0.25, -0.2) is 18.1 Å². The fourth-order valence-electron chi connectivity index (χ4n) is 2.28. The van der Waals surface area contributed by atoms with Gasteiger partial charge in [0, 0.05) is 16.5 Å². The molecule has 0 saturated heterocycles. The van der Waals surface area contributed by atoms with Gasteiger partial charge in [-0.15, -0.1) is 11.3 Å². The smallest absolute Gasteiger partial charge is 0.273 e. The fraction of sp³-hybridized carbons (Fsp3) is 0.176. The summed E-state index contributed by atoms with van der Waals surface area (Å²) in [4.78, 5) is 17.8. The number of rotatable bonds is 5. The van der Waals surface area contributed by atoms with E-state index in [1.807, 2.05) is 38.1 Å². The minimum Gasteiger partial charge on any atom is -0.451 e. The maximum atomic E-state index is 12.3. The van der Waals surface area contributed by atoms with Crippen LogP contribution >= 0.6 is 11.3 Å². The van der Waals surface area contributed by atoms with E-state index in [9.17, 15) is 13.2 Å². The van der Waals surface area contributed by atoms with Crippen LogP contribution in [0.1, 0.15) is 20.8 Å². The van der Waals surface area contributed by atoms with E-state index in [1.54, 1.807) is 0 Å². The van der Waals surface area contributed by atoms with Crippen LogP contribution in [-0.4, -0.2) is 26.4 Å².